The van der Waals surface area contributed by atoms with E-state index in [2.05, 4.69) is 5.43 Å². The molecule has 0 saturated carbocycles. The normalized spacial score (nSPS) is 18.1. The Kier molecular flexibility index (Phi) is 5.18. The summed E-state index contributed by atoms with van der Waals surface area (Å²) < 4.78 is 5.29. The zero-order valence-electron chi connectivity index (χ0n) is 15.3. The number of nitrogens with zero attached hydrogens (tertiary/aromatic N) is 2. The van der Waals surface area contributed by atoms with Gasteiger partial charge in [-0.25, -0.2) is 5.01 Å². The van der Waals surface area contributed by atoms with Gasteiger partial charge in [0.1, 0.15) is 0 Å². The van der Waals surface area contributed by atoms with Crippen molar-refractivity contribution in [1.82, 2.24) is 15.3 Å². The lowest BCUT2D eigenvalue weighted by atomic mass is 10.0. The van der Waals surface area contributed by atoms with Crippen LogP contribution in [0.5, 0.6) is 0 Å². The van der Waals surface area contributed by atoms with E-state index < -0.39 is 6.04 Å². The molecule has 2 aliphatic rings. The molecule has 1 N–H and O–H groups in total. The van der Waals surface area contributed by atoms with E-state index in [0.29, 0.717) is 37.4 Å². The molecule has 0 aliphatic carbocycles. The predicted octanol–water partition coefficient (Wildman–Crippen LogP) is 1.78. The summed E-state index contributed by atoms with van der Waals surface area (Å²) in [5.74, 6) is -0.977. The third-order valence-corrected chi connectivity index (χ3v) is 4.99. The Morgan fingerprint density at radius 2 is 1.50 bits per heavy atom. The molecule has 28 heavy (non-hydrogen) atoms. The van der Waals surface area contributed by atoms with Gasteiger partial charge >= 0.3 is 0 Å². The van der Waals surface area contributed by atoms with Gasteiger partial charge in [0.2, 0.25) is 5.91 Å². The van der Waals surface area contributed by atoms with Gasteiger partial charge in [-0.15, -0.1) is 0 Å². The first kappa shape index (κ1) is 18.3. The molecule has 7 nitrogen and oxygen atoms in total. The van der Waals surface area contributed by atoms with E-state index in [9.17, 15) is 14.4 Å². The lowest BCUT2D eigenvalue weighted by Gasteiger charge is -2.30. The molecule has 7 heteroatoms. The molecular weight excluding hydrogens is 358 g/mol. The largest absolute Gasteiger partial charge is 0.379 e. The molecule has 1 saturated heterocycles. The fourth-order valence-electron chi connectivity index (χ4n) is 3.60. The third-order valence-electron chi connectivity index (χ3n) is 4.99. The Morgan fingerprint density at radius 1 is 0.929 bits per heavy atom. The topological polar surface area (TPSA) is 79.0 Å². The number of ether oxygens (including phenoxy) is 1. The molecule has 144 valence electrons. The summed E-state index contributed by atoms with van der Waals surface area (Å²) in [5, 5.41) is 1.80. The molecule has 2 aliphatic heterocycles. The van der Waals surface area contributed by atoms with Crippen molar-refractivity contribution in [3.63, 3.8) is 0 Å². The fourth-order valence-corrected chi connectivity index (χ4v) is 3.60. The summed E-state index contributed by atoms with van der Waals surface area (Å²) in [6.07, 6.45) is -0.00710. The number of benzene rings is 2. The molecule has 2 aromatic rings. The zero-order valence-corrected chi connectivity index (χ0v) is 15.3. The Morgan fingerprint density at radius 3 is 2.11 bits per heavy atom. The smallest absolute Gasteiger partial charge is 0.262 e. The fraction of sp³-hybridized carbons (Fsp3) is 0.286. The minimum Gasteiger partial charge on any atom is -0.379 e. The van der Waals surface area contributed by atoms with Gasteiger partial charge in [-0.2, -0.15) is 0 Å². The van der Waals surface area contributed by atoms with Crippen LogP contribution in [0.4, 0.5) is 0 Å². The molecule has 2 aromatic carbocycles. The molecule has 0 radical (unpaired) electrons. The second-order valence-electron chi connectivity index (χ2n) is 6.79. The molecule has 4 rings (SSSR count). The molecule has 2 heterocycles. The molecule has 1 atom stereocenters. The Balaban J connectivity index is 1.59. The first-order valence-corrected chi connectivity index (χ1v) is 9.29. The van der Waals surface area contributed by atoms with E-state index in [-0.39, 0.29) is 24.1 Å². The molecule has 1 unspecified atom stereocenters. The molecule has 0 spiro atoms. The van der Waals surface area contributed by atoms with Gasteiger partial charge in [0, 0.05) is 13.1 Å². The summed E-state index contributed by atoms with van der Waals surface area (Å²) in [5.41, 5.74) is 4.36. The minimum atomic E-state index is -0.672. The molecule has 3 amide bonds. The van der Waals surface area contributed by atoms with Crippen LogP contribution in [0, 0.1) is 0 Å². The lowest BCUT2D eigenvalue weighted by Crippen LogP contribution is -2.49. The van der Waals surface area contributed by atoms with Crippen LogP contribution < -0.4 is 5.43 Å². The van der Waals surface area contributed by atoms with E-state index in [4.69, 9.17) is 4.74 Å². The van der Waals surface area contributed by atoms with Crippen LogP contribution >= 0.6 is 0 Å². The van der Waals surface area contributed by atoms with Crippen molar-refractivity contribution in [1.29, 1.82) is 0 Å². The summed E-state index contributed by atoms with van der Waals surface area (Å²) in [6.45, 7) is 2.32. The van der Waals surface area contributed by atoms with Crippen molar-refractivity contribution in [2.75, 3.05) is 26.3 Å². The van der Waals surface area contributed by atoms with Crippen LogP contribution in [0.1, 0.15) is 38.7 Å². The highest BCUT2D eigenvalue weighted by Gasteiger charge is 2.41. The first-order valence-electron chi connectivity index (χ1n) is 9.29. The summed E-state index contributed by atoms with van der Waals surface area (Å²) in [4.78, 5) is 39.8. The SMILES string of the molecule is O=C(CC(c1ccccc1)N1C(=O)c2ccccc2C1=O)NN1CCOCC1. The standard InChI is InChI=1S/C21H21N3O4/c25-19(22-23-10-12-28-13-11-23)14-18(15-6-2-1-3-7-15)24-20(26)16-8-4-5-9-17(16)21(24)27/h1-9,18H,10-14H2,(H,22,25). The Labute approximate surface area is 162 Å². The summed E-state index contributed by atoms with van der Waals surface area (Å²) in [6, 6.07) is 15.3. The highest BCUT2D eigenvalue weighted by atomic mass is 16.5. The van der Waals surface area contributed by atoms with Crippen LogP contribution in [0.25, 0.3) is 0 Å². The number of imide groups is 1. The van der Waals surface area contributed by atoms with Gasteiger partial charge in [-0.3, -0.25) is 24.7 Å². The van der Waals surface area contributed by atoms with Gasteiger partial charge in [-0.1, -0.05) is 42.5 Å². The third kappa shape index (κ3) is 3.54. The van der Waals surface area contributed by atoms with E-state index in [1.165, 1.54) is 4.90 Å². The lowest BCUT2D eigenvalue weighted by molar-refractivity contribution is -0.128. The maximum absolute atomic E-state index is 12.9. The van der Waals surface area contributed by atoms with Crippen molar-refractivity contribution < 1.29 is 19.1 Å². The monoisotopic (exact) mass is 379 g/mol. The predicted molar refractivity (Wildman–Crippen MR) is 101 cm³/mol. The van der Waals surface area contributed by atoms with Crippen molar-refractivity contribution in [2.45, 2.75) is 12.5 Å². The van der Waals surface area contributed by atoms with Crippen LogP contribution in [0.3, 0.4) is 0 Å². The average molecular weight is 379 g/mol. The zero-order chi connectivity index (χ0) is 19.5. The van der Waals surface area contributed by atoms with E-state index >= 15 is 0 Å². The highest BCUT2D eigenvalue weighted by Crippen LogP contribution is 2.33. The summed E-state index contributed by atoms with van der Waals surface area (Å²) >= 11 is 0. The van der Waals surface area contributed by atoms with Gasteiger partial charge < -0.3 is 4.74 Å². The Hall–Kier alpha value is -3.03. The molecule has 0 aromatic heterocycles. The molecular formula is C21H21N3O4. The second-order valence-corrected chi connectivity index (χ2v) is 6.79. The van der Waals surface area contributed by atoms with Crippen LogP contribution in [-0.2, 0) is 9.53 Å². The Bertz CT molecular complexity index is 859. The highest BCUT2D eigenvalue weighted by molar-refractivity contribution is 6.21. The van der Waals surface area contributed by atoms with Gasteiger partial charge in [0.25, 0.3) is 11.8 Å². The maximum Gasteiger partial charge on any atom is 0.262 e. The van der Waals surface area contributed by atoms with E-state index in [1.54, 1.807) is 29.3 Å². The number of nitrogens with one attached hydrogen (secondary N) is 1. The van der Waals surface area contributed by atoms with Gasteiger partial charge in [-0.05, 0) is 17.7 Å². The maximum atomic E-state index is 12.9. The van der Waals surface area contributed by atoms with Gasteiger partial charge in [0.15, 0.2) is 0 Å². The van der Waals surface area contributed by atoms with Crippen LogP contribution in [0.15, 0.2) is 54.6 Å². The number of hydrogen-bond acceptors (Lipinski definition) is 5. The van der Waals surface area contributed by atoms with Crippen LogP contribution in [-0.4, -0.2) is 53.9 Å². The van der Waals surface area contributed by atoms with Gasteiger partial charge in [0.05, 0.1) is 36.8 Å². The number of carbonyl (C=O) groups excluding carboxylic acids is 3. The van der Waals surface area contributed by atoms with Crippen molar-refractivity contribution in [2.24, 2.45) is 0 Å². The number of hydrazine groups is 1. The average Bonchev–Trinajstić information content (AvgIpc) is 2.98. The van der Waals surface area contributed by atoms with Crippen LogP contribution in [0.2, 0.25) is 0 Å². The number of rotatable bonds is 5. The summed E-state index contributed by atoms with van der Waals surface area (Å²) in [7, 11) is 0. The van der Waals surface area contributed by atoms with E-state index in [0.717, 1.165) is 5.56 Å². The first-order chi connectivity index (χ1) is 13.6. The second kappa shape index (κ2) is 7.92. The number of carbonyl (C=O) groups is 3. The number of fused-ring (bicyclic) bond motifs is 1. The van der Waals surface area contributed by atoms with Crippen molar-refractivity contribution in [3.05, 3.63) is 71.3 Å². The quantitative estimate of drug-likeness (QED) is 0.801. The molecule has 1 fully saturated rings. The number of morpholine rings is 1. The molecule has 0 bridgehead atoms. The van der Waals surface area contributed by atoms with E-state index in [1.807, 2.05) is 30.3 Å². The number of hydrogen-bond donors (Lipinski definition) is 1. The van der Waals surface area contributed by atoms with Crippen molar-refractivity contribution in [3.8, 4) is 0 Å². The number of amides is 3. The van der Waals surface area contributed by atoms with Crippen molar-refractivity contribution >= 4 is 17.7 Å². The minimum absolute atomic E-state index is 0.00710.